The van der Waals surface area contributed by atoms with Crippen LogP contribution in [0.4, 0.5) is 10.5 Å². The lowest BCUT2D eigenvalue weighted by atomic mass is 10.0. The highest BCUT2D eigenvalue weighted by Crippen LogP contribution is 2.48. The van der Waals surface area contributed by atoms with Gasteiger partial charge in [0.1, 0.15) is 12.1 Å². The van der Waals surface area contributed by atoms with Gasteiger partial charge in [-0.05, 0) is 42.9 Å². The van der Waals surface area contributed by atoms with Crippen molar-refractivity contribution in [1.82, 2.24) is 10.2 Å². The second-order valence-corrected chi connectivity index (χ2v) is 8.88. The maximum absolute atomic E-state index is 13.3. The number of nitrogens with zero attached hydrogens (tertiary/aromatic N) is 1. The molecule has 0 radical (unpaired) electrons. The van der Waals surface area contributed by atoms with Gasteiger partial charge >= 0.3 is 6.09 Å². The van der Waals surface area contributed by atoms with Crippen LogP contribution in [0.3, 0.4) is 0 Å². The Morgan fingerprint density at radius 1 is 1.23 bits per heavy atom. The molecule has 1 aromatic rings. The van der Waals surface area contributed by atoms with E-state index in [1.165, 1.54) is 13.2 Å². The second-order valence-electron chi connectivity index (χ2n) is 7.96. The molecule has 1 saturated heterocycles. The van der Waals surface area contributed by atoms with E-state index in [1.807, 2.05) is 13.8 Å². The third-order valence-electron chi connectivity index (χ3n) is 5.56. The standard InChI is InChI=1S/C20H25BrN4O5/c1-9(2)16(24-20(29)30-3)19(28)25-14-6-10(14)7-15(25)18(27)23-13-5-4-11(21)8-12(13)17(22)26/h4-5,8-10,14-16H,6-7H2,1-3H3,(H2,22,26)(H,23,27)(H,24,29). The fraction of sp³-hybridized carbons (Fsp3) is 0.500. The van der Waals surface area contributed by atoms with E-state index in [4.69, 9.17) is 5.73 Å². The van der Waals surface area contributed by atoms with E-state index in [0.717, 1.165) is 6.42 Å². The van der Waals surface area contributed by atoms with Crippen molar-refractivity contribution in [2.75, 3.05) is 12.4 Å². The van der Waals surface area contributed by atoms with Crippen LogP contribution in [0.25, 0.3) is 0 Å². The number of fused-ring (bicyclic) bond motifs is 1. The fourth-order valence-electron chi connectivity index (χ4n) is 3.91. The van der Waals surface area contributed by atoms with E-state index in [1.54, 1.807) is 17.0 Å². The predicted molar refractivity (Wildman–Crippen MR) is 113 cm³/mol. The molecule has 0 spiro atoms. The summed E-state index contributed by atoms with van der Waals surface area (Å²) < 4.78 is 5.29. The summed E-state index contributed by atoms with van der Waals surface area (Å²) in [6.45, 7) is 3.63. The SMILES string of the molecule is COC(=O)NC(C(=O)N1C(C(=O)Nc2ccc(Br)cc2C(N)=O)CC2CC21)C(C)C. The van der Waals surface area contributed by atoms with Crippen molar-refractivity contribution in [1.29, 1.82) is 0 Å². The minimum Gasteiger partial charge on any atom is -0.453 e. The number of carbonyl (C=O) groups excluding carboxylic acids is 4. The summed E-state index contributed by atoms with van der Waals surface area (Å²) in [6, 6.07) is 3.29. The number of ether oxygens (including phenoxy) is 1. The smallest absolute Gasteiger partial charge is 0.407 e. The van der Waals surface area contributed by atoms with Gasteiger partial charge in [0.15, 0.2) is 0 Å². The van der Waals surface area contributed by atoms with Crippen molar-refractivity contribution in [3.05, 3.63) is 28.2 Å². The highest BCUT2D eigenvalue weighted by atomic mass is 79.9. The predicted octanol–water partition coefficient (Wildman–Crippen LogP) is 1.86. The zero-order chi connectivity index (χ0) is 22.2. The van der Waals surface area contributed by atoms with Crippen molar-refractivity contribution in [2.24, 2.45) is 17.6 Å². The first-order chi connectivity index (χ1) is 14.1. The number of primary amides is 1. The zero-order valence-corrected chi connectivity index (χ0v) is 18.6. The van der Waals surface area contributed by atoms with Gasteiger partial charge in [-0.2, -0.15) is 0 Å². The number of halogens is 1. The molecule has 1 aromatic carbocycles. The minimum atomic E-state index is -0.805. The maximum Gasteiger partial charge on any atom is 0.407 e. The second kappa shape index (κ2) is 8.63. The van der Waals surface area contributed by atoms with Gasteiger partial charge in [0.05, 0.1) is 18.4 Å². The van der Waals surface area contributed by atoms with Gasteiger partial charge in [-0.3, -0.25) is 14.4 Å². The quantitative estimate of drug-likeness (QED) is 0.571. The number of hydrogen-bond donors (Lipinski definition) is 3. The van der Waals surface area contributed by atoms with Crippen molar-refractivity contribution in [3.8, 4) is 0 Å². The molecular weight excluding hydrogens is 456 g/mol. The lowest BCUT2D eigenvalue weighted by molar-refractivity contribution is -0.140. The summed E-state index contributed by atoms with van der Waals surface area (Å²) in [6.07, 6.45) is 0.674. The summed E-state index contributed by atoms with van der Waals surface area (Å²) in [5.41, 5.74) is 5.88. The van der Waals surface area contributed by atoms with Gasteiger partial charge in [0, 0.05) is 10.5 Å². The molecule has 4 amide bonds. The third kappa shape index (κ3) is 4.43. The van der Waals surface area contributed by atoms with Crippen LogP contribution >= 0.6 is 15.9 Å². The highest BCUT2D eigenvalue weighted by molar-refractivity contribution is 9.10. The van der Waals surface area contributed by atoms with Crippen LogP contribution in [0.1, 0.15) is 37.0 Å². The molecule has 10 heteroatoms. The van der Waals surface area contributed by atoms with Crippen molar-refractivity contribution >= 4 is 45.4 Å². The number of alkyl carbamates (subject to hydrolysis) is 1. The molecular formula is C20H25BrN4O5. The van der Waals surface area contributed by atoms with Crippen LogP contribution in [0, 0.1) is 11.8 Å². The summed E-state index contributed by atoms with van der Waals surface area (Å²) in [4.78, 5) is 51.3. The molecule has 0 bridgehead atoms. The molecule has 30 heavy (non-hydrogen) atoms. The van der Waals surface area contributed by atoms with Gasteiger partial charge in [0.2, 0.25) is 11.8 Å². The largest absolute Gasteiger partial charge is 0.453 e. The Balaban J connectivity index is 1.80. The molecule has 162 valence electrons. The number of piperidine rings is 1. The fourth-order valence-corrected chi connectivity index (χ4v) is 4.27. The van der Waals surface area contributed by atoms with Gasteiger partial charge < -0.3 is 26.0 Å². The number of benzene rings is 1. The molecule has 1 aliphatic carbocycles. The van der Waals surface area contributed by atoms with Crippen LogP contribution in [0.2, 0.25) is 0 Å². The van der Waals surface area contributed by atoms with E-state index < -0.39 is 24.1 Å². The van der Waals surface area contributed by atoms with Gasteiger partial charge in [-0.15, -0.1) is 0 Å². The van der Waals surface area contributed by atoms with E-state index in [9.17, 15) is 19.2 Å². The molecule has 2 fully saturated rings. The monoisotopic (exact) mass is 480 g/mol. The van der Waals surface area contributed by atoms with Crippen LogP contribution in [-0.4, -0.2) is 54.0 Å². The van der Waals surface area contributed by atoms with Crippen molar-refractivity contribution in [3.63, 3.8) is 0 Å². The first-order valence-electron chi connectivity index (χ1n) is 9.70. The van der Waals surface area contributed by atoms with Crippen LogP contribution < -0.4 is 16.4 Å². The first-order valence-corrected chi connectivity index (χ1v) is 10.5. The Morgan fingerprint density at radius 2 is 1.93 bits per heavy atom. The number of rotatable bonds is 6. The summed E-state index contributed by atoms with van der Waals surface area (Å²) >= 11 is 3.28. The van der Waals surface area contributed by atoms with Crippen molar-refractivity contribution in [2.45, 2.75) is 44.8 Å². The lowest BCUT2D eigenvalue weighted by Gasteiger charge is -2.32. The molecule has 2 aliphatic rings. The molecule has 0 aromatic heterocycles. The van der Waals surface area contributed by atoms with Gasteiger partial charge in [0.25, 0.3) is 5.91 Å². The van der Waals surface area contributed by atoms with Gasteiger partial charge in [-0.1, -0.05) is 29.8 Å². The third-order valence-corrected chi connectivity index (χ3v) is 6.05. The summed E-state index contributed by atoms with van der Waals surface area (Å²) in [5.74, 6) is -1.30. The Labute approximate surface area is 182 Å². The molecule has 4 N–H and O–H groups in total. The van der Waals surface area contributed by atoms with Crippen molar-refractivity contribution < 1.29 is 23.9 Å². The normalized spacial score (nSPS) is 22.8. The van der Waals surface area contributed by atoms with Crippen LogP contribution in [0.15, 0.2) is 22.7 Å². The van der Waals surface area contributed by atoms with E-state index in [0.29, 0.717) is 10.9 Å². The number of likely N-dealkylation sites (tertiary alicyclic amines) is 1. The number of hydrogen-bond acceptors (Lipinski definition) is 5. The Kier molecular flexibility index (Phi) is 6.35. The molecule has 4 atom stereocenters. The molecule has 4 unspecified atom stereocenters. The Bertz CT molecular complexity index is 890. The molecule has 3 rings (SSSR count). The average molecular weight is 481 g/mol. The molecule has 1 heterocycles. The maximum atomic E-state index is 13.3. The number of methoxy groups -OCH3 is 1. The van der Waals surface area contributed by atoms with E-state index in [2.05, 4.69) is 31.3 Å². The lowest BCUT2D eigenvalue weighted by Crippen LogP contribution is -2.55. The van der Waals surface area contributed by atoms with Gasteiger partial charge in [-0.25, -0.2) is 4.79 Å². The summed E-state index contributed by atoms with van der Waals surface area (Å²) in [7, 11) is 1.23. The van der Waals surface area contributed by atoms with E-state index >= 15 is 0 Å². The molecule has 1 saturated carbocycles. The number of nitrogens with two attached hydrogens (primary N) is 1. The molecule has 1 aliphatic heterocycles. The average Bonchev–Trinajstić information content (AvgIpc) is 3.35. The topological polar surface area (TPSA) is 131 Å². The van der Waals surface area contributed by atoms with E-state index in [-0.39, 0.29) is 40.9 Å². The first kappa shape index (κ1) is 22.1. The zero-order valence-electron chi connectivity index (χ0n) is 17.0. The minimum absolute atomic E-state index is 0.0190. The van der Waals surface area contributed by atoms with Crippen LogP contribution in [0.5, 0.6) is 0 Å². The number of carbonyl (C=O) groups is 4. The highest BCUT2D eigenvalue weighted by Gasteiger charge is 2.57. The number of amides is 4. The summed E-state index contributed by atoms with van der Waals surface area (Å²) in [5, 5.41) is 5.31. The number of anilines is 1. The Morgan fingerprint density at radius 3 is 2.53 bits per heavy atom. The Hall–Kier alpha value is -2.62. The molecule has 9 nitrogen and oxygen atoms in total. The van der Waals surface area contributed by atoms with Crippen LogP contribution in [-0.2, 0) is 14.3 Å². The number of nitrogens with one attached hydrogen (secondary N) is 2.